The minimum absolute atomic E-state index is 0.223. The van der Waals surface area contributed by atoms with E-state index in [-0.39, 0.29) is 5.82 Å². The smallest absolute Gasteiger partial charge is 0.222 e. The number of nitrogens with zero attached hydrogens (tertiary/aromatic N) is 2. The van der Waals surface area contributed by atoms with Gasteiger partial charge in [0.25, 0.3) is 0 Å². The van der Waals surface area contributed by atoms with E-state index in [2.05, 4.69) is 4.98 Å². The second kappa shape index (κ2) is 3.33. The molecule has 0 radical (unpaired) electrons. The Balaban J connectivity index is 2.52. The second-order valence-corrected chi connectivity index (χ2v) is 2.91. The highest BCUT2D eigenvalue weighted by atomic mass is 16.5. The van der Waals surface area contributed by atoms with Crippen molar-refractivity contribution in [2.75, 3.05) is 5.73 Å². The summed E-state index contributed by atoms with van der Waals surface area (Å²) in [5.41, 5.74) is 6.93. The van der Waals surface area contributed by atoms with Crippen molar-refractivity contribution in [1.82, 2.24) is 4.98 Å². The summed E-state index contributed by atoms with van der Waals surface area (Å²) in [6.07, 6.45) is 2.62. The summed E-state index contributed by atoms with van der Waals surface area (Å²) < 4.78 is 0.657. The molecule has 1 heterocycles. The Labute approximate surface area is 81.2 Å². The van der Waals surface area contributed by atoms with E-state index < -0.39 is 0 Å². The molecular weight excluding hydrogens is 178 g/mol. The van der Waals surface area contributed by atoms with E-state index in [4.69, 9.17) is 5.73 Å². The van der Waals surface area contributed by atoms with Gasteiger partial charge in [0.1, 0.15) is 5.69 Å². The topological polar surface area (TPSA) is 65.8 Å². The van der Waals surface area contributed by atoms with Gasteiger partial charge >= 0.3 is 0 Å². The molecular formula is C10H9N3O. The quantitative estimate of drug-likeness (QED) is 0.534. The highest BCUT2D eigenvalue weighted by molar-refractivity contribution is 5.58. The third kappa shape index (κ3) is 1.64. The van der Waals surface area contributed by atoms with E-state index >= 15 is 0 Å². The summed E-state index contributed by atoms with van der Waals surface area (Å²) in [5.74, 6) is 0.223. The van der Waals surface area contributed by atoms with Crippen LogP contribution >= 0.6 is 0 Å². The number of aromatic nitrogens is 2. The lowest BCUT2D eigenvalue weighted by Crippen LogP contribution is -2.26. The molecule has 0 aliphatic carbocycles. The van der Waals surface area contributed by atoms with Gasteiger partial charge < -0.3 is 10.9 Å². The molecule has 0 atom stereocenters. The summed E-state index contributed by atoms with van der Waals surface area (Å²) >= 11 is 0. The number of nitrogen functional groups attached to an aromatic ring is 1. The van der Waals surface area contributed by atoms with Crippen LogP contribution < -0.4 is 10.5 Å². The van der Waals surface area contributed by atoms with E-state index in [0.29, 0.717) is 10.4 Å². The molecule has 0 unspecified atom stereocenters. The largest absolute Gasteiger partial charge is 0.619 e. The fourth-order valence-corrected chi connectivity index (χ4v) is 1.23. The van der Waals surface area contributed by atoms with Crippen molar-refractivity contribution in [2.45, 2.75) is 0 Å². The van der Waals surface area contributed by atoms with Gasteiger partial charge in [0.05, 0.1) is 0 Å². The molecule has 0 spiro atoms. The van der Waals surface area contributed by atoms with Crippen LogP contribution in [0.3, 0.4) is 0 Å². The van der Waals surface area contributed by atoms with Gasteiger partial charge in [0, 0.05) is 5.56 Å². The van der Waals surface area contributed by atoms with Crippen LogP contribution in [0.1, 0.15) is 0 Å². The molecule has 2 N–H and O–H groups in total. The van der Waals surface area contributed by atoms with E-state index in [1.165, 1.54) is 12.4 Å². The maximum Gasteiger partial charge on any atom is 0.222 e. The lowest BCUT2D eigenvalue weighted by molar-refractivity contribution is -0.604. The summed E-state index contributed by atoms with van der Waals surface area (Å²) in [5, 5.41) is 11.1. The van der Waals surface area contributed by atoms with Gasteiger partial charge in [0.15, 0.2) is 5.82 Å². The monoisotopic (exact) mass is 187 g/mol. The average Bonchev–Trinajstić information content (AvgIpc) is 2.18. The van der Waals surface area contributed by atoms with Gasteiger partial charge in [-0.3, -0.25) is 0 Å². The molecule has 0 bridgehead atoms. The van der Waals surface area contributed by atoms with E-state index in [1.54, 1.807) is 0 Å². The number of hydrogen-bond acceptors (Lipinski definition) is 3. The molecule has 14 heavy (non-hydrogen) atoms. The van der Waals surface area contributed by atoms with E-state index in [0.717, 1.165) is 5.56 Å². The molecule has 0 fully saturated rings. The van der Waals surface area contributed by atoms with Gasteiger partial charge in [-0.2, -0.15) is 4.73 Å². The number of benzene rings is 1. The van der Waals surface area contributed by atoms with Gasteiger partial charge in [-0.25, -0.2) is 4.98 Å². The van der Waals surface area contributed by atoms with Crippen LogP contribution in [-0.2, 0) is 0 Å². The maximum atomic E-state index is 11.1. The highest BCUT2D eigenvalue weighted by Crippen LogP contribution is 2.14. The fraction of sp³-hybridized carbons (Fsp3) is 0. The zero-order valence-corrected chi connectivity index (χ0v) is 7.42. The predicted octanol–water partition coefficient (Wildman–Crippen LogP) is 0.964. The van der Waals surface area contributed by atoms with Crippen LogP contribution in [0.25, 0.3) is 11.3 Å². The van der Waals surface area contributed by atoms with Crippen molar-refractivity contribution in [1.29, 1.82) is 0 Å². The van der Waals surface area contributed by atoms with Crippen LogP contribution in [0.15, 0.2) is 42.7 Å². The molecule has 1 aromatic carbocycles. The molecule has 0 aliphatic heterocycles. The first-order chi connectivity index (χ1) is 6.75. The first kappa shape index (κ1) is 8.50. The van der Waals surface area contributed by atoms with Crippen LogP contribution in [0.4, 0.5) is 5.82 Å². The molecule has 1 aromatic heterocycles. The summed E-state index contributed by atoms with van der Waals surface area (Å²) in [4.78, 5) is 4.06. The Morgan fingerprint density at radius 2 is 1.86 bits per heavy atom. The van der Waals surface area contributed by atoms with Crippen molar-refractivity contribution in [3.63, 3.8) is 0 Å². The molecule has 2 rings (SSSR count). The van der Waals surface area contributed by atoms with Crippen LogP contribution in [0.2, 0.25) is 0 Å². The lowest BCUT2D eigenvalue weighted by Gasteiger charge is -2.01. The molecule has 0 amide bonds. The Morgan fingerprint density at radius 1 is 1.14 bits per heavy atom. The molecule has 4 heteroatoms. The number of anilines is 1. The fourth-order valence-electron chi connectivity index (χ4n) is 1.23. The van der Waals surface area contributed by atoms with Crippen molar-refractivity contribution < 1.29 is 4.73 Å². The molecule has 4 nitrogen and oxygen atoms in total. The van der Waals surface area contributed by atoms with Crippen LogP contribution in [-0.4, -0.2) is 4.98 Å². The molecule has 70 valence electrons. The van der Waals surface area contributed by atoms with Crippen molar-refractivity contribution in [2.24, 2.45) is 0 Å². The highest BCUT2D eigenvalue weighted by Gasteiger charge is 2.04. The number of nitrogens with two attached hydrogens (primary N) is 1. The standard InChI is InChI=1S/C10H9N3O/c11-10-7-13(14)6-9(12-10)8-4-2-1-3-5-8/h1-7H,(H2,11,12). The minimum atomic E-state index is 0.223. The van der Waals surface area contributed by atoms with Gasteiger partial charge in [-0.1, -0.05) is 30.3 Å². The Morgan fingerprint density at radius 3 is 2.50 bits per heavy atom. The summed E-state index contributed by atoms with van der Waals surface area (Å²) in [6.45, 7) is 0. The normalized spacial score (nSPS) is 10.0. The van der Waals surface area contributed by atoms with Gasteiger partial charge in [0.2, 0.25) is 12.4 Å². The van der Waals surface area contributed by atoms with E-state index in [1.807, 2.05) is 30.3 Å². The van der Waals surface area contributed by atoms with Crippen molar-refractivity contribution in [3.8, 4) is 11.3 Å². The SMILES string of the molecule is Nc1c[n+]([O-])cc(-c2ccccc2)n1. The molecule has 0 saturated heterocycles. The Kier molecular flexibility index (Phi) is 2.02. The molecule has 0 saturated carbocycles. The number of hydrogen-bond donors (Lipinski definition) is 1. The minimum Gasteiger partial charge on any atom is -0.619 e. The Hall–Kier alpha value is -2.10. The average molecular weight is 187 g/mol. The van der Waals surface area contributed by atoms with Crippen molar-refractivity contribution >= 4 is 5.82 Å². The summed E-state index contributed by atoms with van der Waals surface area (Å²) in [7, 11) is 0. The second-order valence-electron chi connectivity index (χ2n) is 2.91. The Bertz CT molecular complexity index is 422. The first-order valence-corrected chi connectivity index (χ1v) is 4.17. The van der Waals surface area contributed by atoms with Crippen LogP contribution in [0, 0.1) is 5.21 Å². The zero-order valence-electron chi connectivity index (χ0n) is 7.42. The maximum absolute atomic E-state index is 11.1. The predicted molar refractivity (Wildman–Crippen MR) is 53.0 cm³/mol. The van der Waals surface area contributed by atoms with Gasteiger partial charge in [-0.05, 0) is 0 Å². The molecule has 2 aromatic rings. The van der Waals surface area contributed by atoms with Crippen molar-refractivity contribution in [3.05, 3.63) is 47.9 Å². The molecule has 0 aliphatic rings. The van der Waals surface area contributed by atoms with E-state index in [9.17, 15) is 5.21 Å². The summed E-state index contributed by atoms with van der Waals surface area (Å²) in [6, 6.07) is 9.43. The first-order valence-electron chi connectivity index (χ1n) is 4.17. The van der Waals surface area contributed by atoms with Crippen LogP contribution in [0.5, 0.6) is 0 Å². The number of rotatable bonds is 1. The lowest BCUT2D eigenvalue weighted by atomic mass is 10.2. The third-order valence-corrected chi connectivity index (χ3v) is 1.83. The van der Waals surface area contributed by atoms with Gasteiger partial charge in [-0.15, -0.1) is 0 Å². The third-order valence-electron chi connectivity index (χ3n) is 1.83. The zero-order chi connectivity index (χ0) is 9.97.